The van der Waals surface area contributed by atoms with Crippen molar-refractivity contribution in [2.24, 2.45) is 0 Å². The lowest BCUT2D eigenvalue weighted by Crippen LogP contribution is -2.56. The van der Waals surface area contributed by atoms with Gasteiger partial charge >= 0.3 is 0 Å². The molecule has 1 fully saturated rings. The molecule has 0 radical (unpaired) electrons. The quantitative estimate of drug-likeness (QED) is 0.849. The zero-order chi connectivity index (χ0) is 13.3. The lowest BCUT2D eigenvalue weighted by atomic mass is 10.1. The number of halogens is 2. The first-order valence-corrected chi connectivity index (χ1v) is 5.50. The SMILES string of the molecule is CC1NC(=O)CN(Cc2c(F)cccc2F)C1=O. The first-order valence-electron chi connectivity index (χ1n) is 5.50. The molecule has 0 aromatic heterocycles. The smallest absolute Gasteiger partial charge is 0.245 e. The topological polar surface area (TPSA) is 49.4 Å². The Morgan fingerprint density at radius 2 is 1.94 bits per heavy atom. The molecule has 2 rings (SSSR count). The van der Waals surface area contributed by atoms with Crippen LogP contribution in [0.3, 0.4) is 0 Å². The number of carbonyl (C=O) groups excluding carboxylic acids is 2. The van der Waals surface area contributed by atoms with Crippen molar-refractivity contribution >= 4 is 11.8 Å². The van der Waals surface area contributed by atoms with Crippen LogP contribution in [0.5, 0.6) is 0 Å². The van der Waals surface area contributed by atoms with E-state index in [1.165, 1.54) is 13.0 Å². The molecule has 1 atom stereocenters. The van der Waals surface area contributed by atoms with Gasteiger partial charge in [0.05, 0.1) is 13.1 Å². The first-order chi connectivity index (χ1) is 8.49. The number of hydrogen-bond acceptors (Lipinski definition) is 2. The van der Waals surface area contributed by atoms with Crippen LogP contribution in [0.1, 0.15) is 12.5 Å². The molecule has 1 aromatic rings. The zero-order valence-corrected chi connectivity index (χ0v) is 9.74. The van der Waals surface area contributed by atoms with Crippen LogP contribution in [0.4, 0.5) is 8.78 Å². The van der Waals surface area contributed by atoms with Crippen molar-refractivity contribution in [3.63, 3.8) is 0 Å². The Balaban J connectivity index is 2.23. The van der Waals surface area contributed by atoms with Gasteiger partial charge in [0.2, 0.25) is 11.8 Å². The summed E-state index contributed by atoms with van der Waals surface area (Å²) in [4.78, 5) is 24.2. The van der Waals surface area contributed by atoms with E-state index >= 15 is 0 Å². The molecule has 1 unspecified atom stereocenters. The molecular weight excluding hydrogens is 242 g/mol. The van der Waals surface area contributed by atoms with E-state index < -0.39 is 17.7 Å². The van der Waals surface area contributed by atoms with E-state index in [1.54, 1.807) is 0 Å². The normalized spacial score (nSPS) is 19.9. The van der Waals surface area contributed by atoms with Crippen LogP contribution in [0.2, 0.25) is 0 Å². The fourth-order valence-corrected chi connectivity index (χ4v) is 1.88. The van der Waals surface area contributed by atoms with Crippen LogP contribution >= 0.6 is 0 Å². The third kappa shape index (κ3) is 2.32. The highest BCUT2D eigenvalue weighted by atomic mass is 19.1. The van der Waals surface area contributed by atoms with E-state index in [-0.39, 0.29) is 30.5 Å². The molecule has 6 heteroatoms. The monoisotopic (exact) mass is 254 g/mol. The molecule has 1 aliphatic rings. The Labute approximate surface area is 103 Å². The Bertz CT molecular complexity index is 485. The molecule has 0 spiro atoms. The Kier molecular flexibility index (Phi) is 3.27. The third-order valence-electron chi connectivity index (χ3n) is 2.80. The number of rotatable bonds is 2. The Morgan fingerprint density at radius 1 is 1.33 bits per heavy atom. The molecular formula is C12H12F2N2O2. The summed E-state index contributed by atoms with van der Waals surface area (Å²) in [7, 11) is 0. The second-order valence-corrected chi connectivity index (χ2v) is 4.18. The molecule has 1 aliphatic heterocycles. The molecule has 2 amide bonds. The van der Waals surface area contributed by atoms with Gasteiger partial charge in [-0.1, -0.05) is 6.07 Å². The van der Waals surface area contributed by atoms with Gasteiger partial charge in [0.15, 0.2) is 0 Å². The van der Waals surface area contributed by atoms with Crippen LogP contribution in [0.25, 0.3) is 0 Å². The number of hydrogen-bond donors (Lipinski definition) is 1. The van der Waals surface area contributed by atoms with E-state index in [0.29, 0.717) is 0 Å². The highest BCUT2D eigenvalue weighted by Gasteiger charge is 2.30. The van der Waals surface area contributed by atoms with Crippen LogP contribution in [0, 0.1) is 11.6 Å². The fourth-order valence-electron chi connectivity index (χ4n) is 1.88. The maximum Gasteiger partial charge on any atom is 0.245 e. The third-order valence-corrected chi connectivity index (χ3v) is 2.80. The van der Waals surface area contributed by atoms with Crippen molar-refractivity contribution in [2.45, 2.75) is 19.5 Å². The summed E-state index contributed by atoms with van der Waals surface area (Å²) in [5.41, 5.74) is -0.201. The molecule has 1 heterocycles. The molecule has 1 aromatic carbocycles. The van der Waals surface area contributed by atoms with E-state index in [2.05, 4.69) is 5.32 Å². The van der Waals surface area contributed by atoms with Crippen LogP contribution < -0.4 is 5.32 Å². The predicted octanol–water partition coefficient (Wildman–Crippen LogP) is 0.812. The summed E-state index contributed by atoms with van der Waals surface area (Å²) >= 11 is 0. The van der Waals surface area contributed by atoms with Crippen LogP contribution in [0.15, 0.2) is 18.2 Å². The summed E-state index contributed by atoms with van der Waals surface area (Å²) in [6.45, 7) is 1.11. The molecule has 0 aliphatic carbocycles. The van der Waals surface area contributed by atoms with Crippen LogP contribution in [-0.2, 0) is 16.1 Å². The number of nitrogens with zero attached hydrogens (tertiary/aromatic N) is 1. The Morgan fingerprint density at radius 3 is 2.56 bits per heavy atom. The van der Waals surface area contributed by atoms with E-state index in [1.807, 2.05) is 0 Å². The van der Waals surface area contributed by atoms with Crippen LogP contribution in [-0.4, -0.2) is 29.3 Å². The summed E-state index contributed by atoms with van der Waals surface area (Å²) in [6, 6.07) is 2.83. The minimum atomic E-state index is -0.721. The van der Waals surface area contributed by atoms with Gasteiger partial charge in [-0.2, -0.15) is 0 Å². The van der Waals surface area contributed by atoms with Gasteiger partial charge in [0.25, 0.3) is 0 Å². The number of benzene rings is 1. The maximum absolute atomic E-state index is 13.4. The van der Waals surface area contributed by atoms with Gasteiger partial charge in [-0.15, -0.1) is 0 Å². The summed E-state index contributed by atoms with van der Waals surface area (Å²) in [5, 5.41) is 2.46. The summed E-state index contributed by atoms with van der Waals surface area (Å²) in [6.07, 6.45) is 0. The fraction of sp³-hybridized carbons (Fsp3) is 0.333. The summed E-state index contributed by atoms with van der Waals surface area (Å²) in [5.74, 6) is -2.13. The number of amides is 2. The molecule has 1 saturated heterocycles. The minimum absolute atomic E-state index is 0.184. The van der Waals surface area contributed by atoms with Crippen molar-refractivity contribution in [3.05, 3.63) is 35.4 Å². The zero-order valence-electron chi connectivity index (χ0n) is 9.74. The van der Waals surface area contributed by atoms with Crippen molar-refractivity contribution in [1.82, 2.24) is 10.2 Å². The van der Waals surface area contributed by atoms with Gasteiger partial charge in [-0.25, -0.2) is 8.78 Å². The molecule has 0 bridgehead atoms. The van der Waals surface area contributed by atoms with Crippen molar-refractivity contribution in [2.75, 3.05) is 6.54 Å². The minimum Gasteiger partial charge on any atom is -0.343 e. The lowest BCUT2D eigenvalue weighted by molar-refractivity contribution is -0.144. The molecule has 1 N–H and O–H groups in total. The number of piperazine rings is 1. The number of nitrogens with one attached hydrogen (secondary N) is 1. The second-order valence-electron chi connectivity index (χ2n) is 4.18. The number of carbonyl (C=O) groups is 2. The molecule has 18 heavy (non-hydrogen) atoms. The second kappa shape index (κ2) is 4.72. The van der Waals surface area contributed by atoms with Crippen molar-refractivity contribution < 1.29 is 18.4 Å². The van der Waals surface area contributed by atoms with Gasteiger partial charge in [-0.05, 0) is 19.1 Å². The van der Waals surface area contributed by atoms with E-state index in [9.17, 15) is 18.4 Å². The predicted molar refractivity (Wildman–Crippen MR) is 59.4 cm³/mol. The van der Waals surface area contributed by atoms with E-state index in [0.717, 1.165) is 17.0 Å². The summed E-state index contributed by atoms with van der Waals surface area (Å²) < 4.78 is 26.9. The molecule has 96 valence electrons. The highest BCUT2D eigenvalue weighted by molar-refractivity contribution is 5.94. The average Bonchev–Trinajstić information content (AvgIpc) is 2.30. The lowest BCUT2D eigenvalue weighted by Gasteiger charge is -2.30. The molecule has 4 nitrogen and oxygen atoms in total. The first kappa shape index (κ1) is 12.5. The standard InChI is InChI=1S/C12H12F2N2O2/c1-7-12(18)16(6-11(17)15-7)5-8-9(13)3-2-4-10(8)14/h2-4,7H,5-6H2,1H3,(H,15,17). The van der Waals surface area contributed by atoms with Gasteiger partial charge in [0.1, 0.15) is 17.7 Å². The van der Waals surface area contributed by atoms with Gasteiger partial charge in [-0.3, -0.25) is 9.59 Å². The van der Waals surface area contributed by atoms with Gasteiger partial charge in [0, 0.05) is 5.56 Å². The average molecular weight is 254 g/mol. The highest BCUT2D eigenvalue weighted by Crippen LogP contribution is 2.16. The van der Waals surface area contributed by atoms with Crippen molar-refractivity contribution in [3.8, 4) is 0 Å². The molecule has 0 saturated carbocycles. The van der Waals surface area contributed by atoms with Gasteiger partial charge < -0.3 is 10.2 Å². The van der Waals surface area contributed by atoms with Crippen molar-refractivity contribution in [1.29, 1.82) is 0 Å². The van der Waals surface area contributed by atoms with E-state index in [4.69, 9.17) is 0 Å². The Hall–Kier alpha value is -1.98. The maximum atomic E-state index is 13.4. The largest absolute Gasteiger partial charge is 0.343 e.